The van der Waals surface area contributed by atoms with Gasteiger partial charge in [-0.15, -0.1) is 0 Å². The molecule has 8 heavy (non-hydrogen) atoms. The maximum absolute atomic E-state index is 10.3. The van der Waals surface area contributed by atoms with E-state index in [0.717, 1.165) is 4.43 Å². The molecule has 0 saturated carbocycles. The lowest BCUT2D eigenvalue weighted by molar-refractivity contribution is 0.602. The number of hydrogen-bond donors (Lipinski definition) is 1. The Balaban J connectivity index is 3.42. The molecule has 0 aliphatic rings. The van der Waals surface area contributed by atoms with Crippen LogP contribution in [0.1, 0.15) is 0 Å². The molecular formula is C2H5I2NO2S. The molecule has 0 aromatic carbocycles. The van der Waals surface area contributed by atoms with Gasteiger partial charge in [-0.05, 0) is 0 Å². The van der Waals surface area contributed by atoms with E-state index in [2.05, 4.69) is 27.3 Å². The Morgan fingerprint density at radius 2 is 2.00 bits per heavy atom. The van der Waals surface area contributed by atoms with E-state index in [9.17, 15) is 8.42 Å². The van der Waals surface area contributed by atoms with E-state index < -0.39 is 7.19 Å². The van der Waals surface area contributed by atoms with Crippen LogP contribution in [0, 0.1) is 0 Å². The van der Waals surface area contributed by atoms with Gasteiger partial charge in [0.1, 0.15) is 0 Å². The summed E-state index contributed by atoms with van der Waals surface area (Å²) in [5.74, 6) is 0. The Hall–Kier alpha value is 1.37. The van der Waals surface area contributed by atoms with Crippen LogP contribution in [0.25, 0.3) is 0 Å². The number of hydrogen-bond acceptors (Lipinski definition) is 2. The molecule has 0 aliphatic heterocycles. The standard InChI is InChI=1S/C2H5I2NO2S/c3-1-2-5-8(4,6)7/h5H,1-2H2. The molecule has 0 atom stereocenters. The summed E-state index contributed by atoms with van der Waals surface area (Å²) < 4.78 is 23.7. The average Bonchev–Trinajstić information content (AvgIpc) is 1.59. The maximum Gasteiger partial charge on any atom is 0.265 e. The molecule has 0 heterocycles. The van der Waals surface area contributed by atoms with Crippen molar-refractivity contribution in [3.05, 3.63) is 0 Å². The molecule has 0 fully saturated rings. The lowest BCUT2D eigenvalue weighted by atomic mass is 10.8. The summed E-state index contributed by atoms with van der Waals surface area (Å²) in [6.07, 6.45) is 0. The van der Waals surface area contributed by atoms with Gasteiger partial charge < -0.3 is 0 Å². The highest BCUT2D eigenvalue weighted by Gasteiger charge is 1.98. The van der Waals surface area contributed by atoms with Crippen molar-refractivity contribution in [3.63, 3.8) is 0 Å². The van der Waals surface area contributed by atoms with E-state index in [1.807, 2.05) is 0 Å². The lowest BCUT2D eigenvalue weighted by Crippen LogP contribution is -2.19. The zero-order valence-electron chi connectivity index (χ0n) is 3.89. The summed E-state index contributed by atoms with van der Waals surface area (Å²) in [6.45, 7) is 0.520. The first kappa shape index (κ1) is 9.37. The second-order valence-electron chi connectivity index (χ2n) is 1.02. The molecular weight excluding hydrogens is 356 g/mol. The molecule has 3 nitrogen and oxygen atoms in total. The SMILES string of the molecule is O=S(=O)(I)NCCI. The minimum absolute atomic E-state index is 0.520. The van der Waals surface area contributed by atoms with Crippen molar-refractivity contribution >= 4 is 51.0 Å². The fraction of sp³-hybridized carbons (Fsp3) is 1.00. The fourth-order valence-electron chi connectivity index (χ4n) is 0.160. The summed E-state index contributed by atoms with van der Waals surface area (Å²) in [5.41, 5.74) is 0. The zero-order chi connectivity index (χ0) is 6.62. The second-order valence-corrected chi connectivity index (χ2v) is 6.74. The van der Waals surface area contributed by atoms with Crippen molar-refractivity contribution in [3.8, 4) is 0 Å². The molecule has 0 saturated heterocycles. The molecule has 6 heteroatoms. The number of alkyl halides is 1. The summed E-state index contributed by atoms with van der Waals surface area (Å²) in [5, 5.41) is 0. The third-order valence-electron chi connectivity index (χ3n) is 0.369. The van der Waals surface area contributed by atoms with Crippen LogP contribution < -0.4 is 4.72 Å². The van der Waals surface area contributed by atoms with Gasteiger partial charge in [0, 0.05) is 11.0 Å². The largest absolute Gasteiger partial charge is 0.265 e. The molecule has 50 valence electrons. The molecule has 0 radical (unpaired) electrons. The molecule has 0 aromatic rings. The highest BCUT2D eigenvalue weighted by molar-refractivity contribution is 14.2. The fourth-order valence-corrected chi connectivity index (χ4v) is 1.80. The monoisotopic (exact) mass is 361 g/mol. The van der Waals surface area contributed by atoms with E-state index in [-0.39, 0.29) is 0 Å². The third kappa shape index (κ3) is 7.37. The van der Waals surface area contributed by atoms with Gasteiger partial charge in [0.25, 0.3) is 7.19 Å². The molecule has 0 aliphatic carbocycles. The van der Waals surface area contributed by atoms with Gasteiger partial charge in [-0.1, -0.05) is 22.6 Å². The average molecular weight is 361 g/mol. The van der Waals surface area contributed by atoms with Crippen molar-refractivity contribution in [1.29, 1.82) is 0 Å². The Morgan fingerprint density at radius 1 is 1.50 bits per heavy atom. The van der Waals surface area contributed by atoms with Gasteiger partial charge in [-0.2, -0.15) is 0 Å². The van der Waals surface area contributed by atoms with E-state index in [1.165, 1.54) is 21.2 Å². The quantitative estimate of drug-likeness (QED) is 0.457. The molecule has 0 bridgehead atoms. The molecule has 0 amide bonds. The van der Waals surface area contributed by atoms with Gasteiger partial charge in [0.2, 0.25) is 0 Å². The van der Waals surface area contributed by atoms with Crippen molar-refractivity contribution < 1.29 is 8.42 Å². The first-order valence-corrected chi connectivity index (χ1v) is 7.36. The first-order chi connectivity index (χ1) is 3.56. The normalized spacial score (nSPS) is 11.8. The number of nitrogens with one attached hydrogen (secondary N) is 1. The van der Waals surface area contributed by atoms with Gasteiger partial charge >= 0.3 is 0 Å². The first-order valence-electron chi connectivity index (χ1n) is 1.81. The van der Waals surface area contributed by atoms with E-state index in [0.29, 0.717) is 6.54 Å². The van der Waals surface area contributed by atoms with Gasteiger partial charge in [0.15, 0.2) is 0 Å². The van der Waals surface area contributed by atoms with Crippen LogP contribution in [0.15, 0.2) is 0 Å². The van der Waals surface area contributed by atoms with E-state index >= 15 is 0 Å². The summed E-state index contributed by atoms with van der Waals surface area (Å²) >= 11 is 3.45. The molecule has 1 N–H and O–H groups in total. The van der Waals surface area contributed by atoms with Gasteiger partial charge in [0.05, 0.1) is 21.2 Å². The Kier molecular flexibility index (Phi) is 4.95. The van der Waals surface area contributed by atoms with Crippen LogP contribution in [0.2, 0.25) is 0 Å². The minimum Gasteiger partial charge on any atom is -0.206 e. The smallest absolute Gasteiger partial charge is 0.206 e. The van der Waals surface area contributed by atoms with Crippen LogP contribution >= 0.6 is 43.8 Å². The highest BCUT2D eigenvalue weighted by atomic mass is 127. The van der Waals surface area contributed by atoms with Crippen LogP contribution in [0.3, 0.4) is 0 Å². The van der Waals surface area contributed by atoms with Gasteiger partial charge in [-0.3, -0.25) is 0 Å². The van der Waals surface area contributed by atoms with Crippen molar-refractivity contribution in [1.82, 2.24) is 4.72 Å². The summed E-state index contributed by atoms with van der Waals surface area (Å²) in [6, 6.07) is 0. The molecule has 0 spiro atoms. The Labute approximate surface area is 74.4 Å². The number of rotatable bonds is 3. The summed E-state index contributed by atoms with van der Waals surface area (Å²) in [7, 11) is -2.97. The Morgan fingerprint density at radius 3 is 2.12 bits per heavy atom. The lowest BCUT2D eigenvalue weighted by Gasteiger charge is -1.92. The molecule has 0 unspecified atom stereocenters. The van der Waals surface area contributed by atoms with Gasteiger partial charge in [-0.25, -0.2) is 13.1 Å². The maximum atomic E-state index is 10.3. The molecule has 0 aromatic heterocycles. The third-order valence-corrected chi connectivity index (χ3v) is 2.39. The highest BCUT2D eigenvalue weighted by Crippen LogP contribution is 1.94. The topological polar surface area (TPSA) is 46.2 Å². The molecule has 0 rings (SSSR count). The minimum atomic E-state index is -2.97. The predicted octanol–water partition coefficient (Wildman–Crippen LogP) is 0.691. The Bertz CT molecular complexity index is 142. The van der Waals surface area contributed by atoms with Crippen LogP contribution in [0.5, 0.6) is 0 Å². The second kappa shape index (κ2) is 4.23. The van der Waals surface area contributed by atoms with Crippen molar-refractivity contribution in [2.75, 3.05) is 11.0 Å². The predicted molar refractivity (Wildman–Crippen MR) is 49.8 cm³/mol. The van der Waals surface area contributed by atoms with Crippen LogP contribution in [-0.4, -0.2) is 19.4 Å². The van der Waals surface area contributed by atoms with Crippen LogP contribution in [0.4, 0.5) is 0 Å². The zero-order valence-corrected chi connectivity index (χ0v) is 9.03. The van der Waals surface area contributed by atoms with Crippen molar-refractivity contribution in [2.24, 2.45) is 0 Å². The van der Waals surface area contributed by atoms with E-state index in [1.54, 1.807) is 0 Å². The van der Waals surface area contributed by atoms with Crippen LogP contribution in [-0.2, 0) is 7.19 Å². The van der Waals surface area contributed by atoms with Crippen molar-refractivity contribution in [2.45, 2.75) is 0 Å². The summed E-state index contributed by atoms with van der Waals surface area (Å²) in [4.78, 5) is 0. The van der Waals surface area contributed by atoms with E-state index in [4.69, 9.17) is 0 Å². The number of halogens is 2.